The summed E-state index contributed by atoms with van der Waals surface area (Å²) in [7, 11) is -3.68. The number of hydrogen-bond donors (Lipinski definition) is 2. The maximum Gasteiger partial charge on any atom is 0.245 e. The van der Waals surface area contributed by atoms with Crippen LogP contribution >= 0.6 is 0 Å². The van der Waals surface area contributed by atoms with Crippen LogP contribution in [0.4, 0.5) is 0 Å². The number of hydrogen-bond acceptors (Lipinski definition) is 5. The van der Waals surface area contributed by atoms with Gasteiger partial charge >= 0.3 is 0 Å². The lowest BCUT2D eigenvalue weighted by Gasteiger charge is -2.37. The fourth-order valence-corrected chi connectivity index (χ4v) is 7.07. The third-order valence-corrected chi connectivity index (χ3v) is 9.64. The first-order valence-electron chi connectivity index (χ1n) is 10.8. The van der Waals surface area contributed by atoms with Gasteiger partial charge in [0.25, 0.3) is 0 Å². The van der Waals surface area contributed by atoms with Gasteiger partial charge in [-0.05, 0) is 32.3 Å². The van der Waals surface area contributed by atoms with Crippen LogP contribution in [-0.2, 0) is 30.6 Å². The summed E-state index contributed by atoms with van der Waals surface area (Å²) >= 11 is 0. The van der Waals surface area contributed by atoms with Crippen LogP contribution in [0, 0.1) is 0 Å². The van der Waals surface area contributed by atoms with Crippen molar-refractivity contribution < 1.29 is 22.8 Å². The molecule has 2 N–H and O–H groups in total. The molecule has 2 aliphatic heterocycles. The highest BCUT2D eigenvalue weighted by Gasteiger charge is 2.67. The Morgan fingerprint density at radius 3 is 2.42 bits per heavy atom. The third-order valence-electron chi connectivity index (χ3n) is 6.84. The van der Waals surface area contributed by atoms with Gasteiger partial charge < -0.3 is 15.5 Å². The molecule has 8 nitrogen and oxygen atoms in total. The number of amides is 3. The Morgan fingerprint density at radius 1 is 1.16 bits per heavy atom. The maximum atomic E-state index is 13.3. The zero-order valence-electron chi connectivity index (χ0n) is 17.8. The van der Waals surface area contributed by atoms with E-state index < -0.39 is 37.9 Å². The number of benzene rings is 1. The van der Waals surface area contributed by atoms with Crippen molar-refractivity contribution >= 4 is 27.6 Å². The molecule has 3 aliphatic rings. The number of β-lactam (4-membered cyclic amide) rings is 1. The highest BCUT2D eigenvalue weighted by atomic mass is 32.2. The fourth-order valence-electron chi connectivity index (χ4n) is 4.94. The molecular weight excluding hydrogens is 418 g/mol. The normalized spacial score (nSPS) is 27.3. The van der Waals surface area contributed by atoms with E-state index in [9.17, 15) is 22.8 Å². The van der Waals surface area contributed by atoms with Gasteiger partial charge in [-0.2, -0.15) is 0 Å². The minimum atomic E-state index is -3.68. The predicted molar refractivity (Wildman–Crippen MR) is 115 cm³/mol. The minimum absolute atomic E-state index is 0.0901. The summed E-state index contributed by atoms with van der Waals surface area (Å²) in [6.07, 6.45) is 4.14. The first-order chi connectivity index (χ1) is 14.6. The number of rotatable bonds is 6. The molecule has 4 rings (SSSR count). The predicted octanol–water partition coefficient (Wildman–Crippen LogP) is 0.907. The summed E-state index contributed by atoms with van der Waals surface area (Å²) in [6.45, 7) is 2.95. The Morgan fingerprint density at radius 2 is 1.81 bits per heavy atom. The molecule has 3 amide bonds. The van der Waals surface area contributed by atoms with E-state index in [4.69, 9.17) is 0 Å². The van der Waals surface area contributed by atoms with Crippen LogP contribution in [0.25, 0.3) is 0 Å². The summed E-state index contributed by atoms with van der Waals surface area (Å²) in [5.41, 5.74) is 0.880. The lowest BCUT2D eigenvalue weighted by Crippen LogP contribution is -2.62. The minimum Gasteiger partial charge on any atom is -0.352 e. The Bertz CT molecular complexity index is 986. The van der Waals surface area contributed by atoms with Crippen LogP contribution in [-0.4, -0.2) is 59.3 Å². The average Bonchev–Trinajstić information content (AvgIpc) is 3.26. The van der Waals surface area contributed by atoms with Crippen molar-refractivity contribution in [1.82, 2.24) is 15.5 Å². The molecule has 168 valence electrons. The lowest BCUT2D eigenvalue weighted by atomic mass is 9.96. The first kappa shape index (κ1) is 21.8. The van der Waals surface area contributed by atoms with Crippen molar-refractivity contribution in [3.63, 3.8) is 0 Å². The number of nitrogens with zero attached hydrogens (tertiary/aromatic N) is 1. The van der Waals surface area contributed by atoms with Gasteiger partial charge in [0.05, 0.1) is 11.2 Å². The van der Waals surface area contributed by atoms with Crippen LogP contribution in [0.2, 0.25) is 0 Å². The summed E-state index contributed by atoms with van der Waals surface area (Å²) in [5.74, 6) is -1.24. The fraction of sp³-hybridized carbons (Fsp3) is 0.591. The standard InChI is InChI=1S/C22H29N3O5S/c1-22(2)19(25-17(26)13-18(25)31(22,29)30)21(28)24-16(12-14-8-4-3-5-9-14)20(27)23-15-10-6-7-11-15/h3-5,8-9,15-16,18-19H,6-7,10-13H2,1-2H3,(H,23,27)(H,24,28). The van der Waals surface area contributed by atoms with E-state index >= 15 is 0 Å². The van der Waals surface area contributed by atoms with E-state index in [-0.39, 0.29) is 30.7 Å². The monoisotopic (exact) mass is 447 g/mol. The molecule has 1 aromatic carbocycles. The summed E-state index contributed by atoms with van der Waals surface area (Å²) in [6, 6.07) is 7.43. The summed E-state index contributed by atoms with van der Waals surface area (Å²) < 4.78 is 24.2. The quantitative estimate of drug-likeness (QED) is 0.630. The van der Waals surface area contributed by atoms with Crippen LogP contribution in [0.3, 0.4) is 0 Å². The number of nitrogens with one attached hydrogen (secondary N) is 2. The van der Waals surface area contributed by atoms with Crippen LogP contribution in [0.1, 0.15) is 51.5 Å². The maximum absolute atomic E-state index is 13.3. The van der Waals surface area contributed by atoms with Gasteiger partial charge in [-0.3, -0.25) is 14.4 Å². The molecular formula is C22H29N3O5S. The molecule has 3 fully saturated rings. The molecule has 3 unspecified atom stereocenters. The molecule has 3 atom stereocenters. The van der Waals surface area contributed by atoms with Crippen molar-refractivity contribution in [1.29, 1.82) is 0 Å². The van der Waals surface area contributed by atoms with Gasteiger partial charge in [-0.1, -0.05) is 43.2 Å². The Hall–Kier alpha value is -2.42. The zero-order chi connectivity index (χ0) is 22.4. The summed E-state index contributed by atoms with van der Waals surface area (Å²) in [5, 5.41) is 4.84. The average molecular weight is 448 g/mol. The molecule has 0 bridgehead atoms. The van der Waals surface area contributed by atoms with Gasteiger partial charge in [0.15, 0.2) is 9.84 Å². The second-order valence-electron chi connectivity index (χ2n) is 9.25. The number of carbonyl (C=O) groups excluding carboxylic acids is 3. The largest absolute Gasteiger partial charge is 0.352 e. The highest BCUT2D eigenvalue weighted by Crippen LogP contribution is 2.45. The van der Waals surface area contributed by atoms with Crippen molar-refractivity contribution in [2.24, 2.45) is 0 Å². The molecule has 0 spiro atoms. The molecule has 1 saturated carbocycles. The second kappa shape index (κ2) is 7.93. The van der Waals surface area contributed by atoms with Crippen LogP contribution < -0.4 is 10.6 Å². The van der Waals surface area contributed by atoms with Crippen molar-refractivity contribution in [2.75, 3.05) is 0 Å². The van der Waals surface area contributed by atoms with Gasteiger partial charge in [0, 0.05) is 12.5 Å². The van der Waals surface area contributed by atoms with E-state index in [1.165, 1.54) is 18.7 Å². The van der Waals surface area contributed by atoms with Gasteiger partial charge in [-0.25, -0.2) is 8.42 Å². The Kier molecular flexibility index (Phi) is 5.57. The first-order valence-corrected chi connectivity index (χ1v) is 12.4. The molecule has 2 heterocycles. The van der Waals surface area contributed by atoms with Gasteiger partial charge in [-0.15, -0.1) is 0 Å². The second-order valence-corrected chi connectivity index (χ2v) is 11.9. The van der Waals surface area contributed by atoms with E-state index in [2.05, 4.69) is 10.6 Å². The van der Waals surface area contributed by atoms with E-state index in [0.717, 1.165) is 31.2 Å². The lowest BCUT2D eigenvalue weighted by molar-refractivity contribution is -0.150. The number of fused-ring (bicyclic) bond motifs is 1. The van der Waals surface area contributed by atoms with Crippen molar-refractivity contribution in [3.8, 4) is 0 Å². The SMILES string of the molecule is CC1(C)C(C(=O)NC(Cc2ccccc2)C(=O)NC2CCCC2)N2C(=O)CC2S1(=O)=O. The molecule has 31 heavy (non-hydrogen) atoms. The summed E-state index contributed by atoms with van der Waals surface area (Å²) in [4.78, 5) is 39.6. The van der Waals surface area contributed by atoms with Gasteiger partial charge in [0.2, 0.25) is 17.7 Å². The molecule has 2 saturated heterocycles. The molecule has 0 radical (unpaired) electrons. The smallest absolute Gasteiger partial charge is 0.245 e. The van der Waals surface area contributed by atoms with E-state index in [0.29, 0.717) is 0 Å². The molecule has 9 heteroatoms. The Balaban J connectivity index is 1.56. The molecule has 1 aromatic rings. The van der Waals surface area contributed by atoms with Gasteiger partial charge in [0.1, 0.15) is 17.5 Å². The topological polar surface area (TPSA) is 113 Å². The van der Waals surface area contributed by atoms with Crippen molar-refractivity contribution in [2.45, 2.75) is 80.6 Å². The van der Waals surface area contributed by atoms with E-state index in [1.54, 1.807) is 0 Å². The molecule has 0 aromatic heterocycles. The van der Waals surface area contributed by atoms with Crippen LogP contribution in [0.5, 0.6) is 0 Å². The zero-order valence-corrected chi connectivity index (χ0v) is 18.7. The van der Waals surface area contributed by atoms with Crippen LogP contribution in [0.15, 0.2) is 30.3 Å². The third kappa shape index (κ3) is 3.73. The number of sulfone groups is 1. The van der Waals surface area contributed by atoms with E-state index in [1.807, 2.05) is 30.3 Å². The Labute approximate surface area is 182 Å². The highest BCUT2D eigenvalue weighted by molar-refractivity contribution is 7.93. The molecule has 1 aliphatic carbocycles. The van der Waals surface area contributed by atoms with Crippen molar-refractivity contribution in [3.05, 3.63) is 35.9 Å². The number of carbonyl (C=O) groups is 3.